The molecule has 0 bridgehead atoms. The van der Waals surface area contributed by atoms with Crippen LogP contribution in [-0.2, 0) is 4.79 Å². The van der Waals surface area contributed by atoms with Gasteiger partial charge in [-0.15, -0.1) is 0 Å². The van der Waals surface area contributed by atoms with Crippen molar-refractivity contribution in [1.82, 2.24) is 5.32 Å². The van der Waals surface area contributed by atoms with Gasteiger partial charge in [0.25, 0.3) is 5.91 Å². The van der Waals surface area contributed by atoms with Crippen molar-refractivity contribution in [1.29, 1.82) is 0 Å². The second-order valence-electron chi connectivity index (χ2n) is 5.46. The standard InChI is InChI=1S/C19H23NO2/c1-4-18(16-10-6-5-7-11-16)20-19(21)15(3)22-17-12-8-9-14(2)13-17/h5-13,15,18H,4H2,1-3H3,(H,20,21). The fraction of sp³-hybridized carbons (Fsp3) is 0.316. The first kappa shape index (κ1) is 16.1. The number of benzene rings is 2. The average molecular weight is 297 g/mol. The minimum atomic E-state index is -0.528. The molecule has 0 spiro atoms. The van der Waals surface area contributed by atoms with Crippen LogP contribution in [0.25, 0.3) is 0 Å². The van der Waals surface area contributed by atoms with Crippen LogP contribution in [0.4, 0.5) is 0 Å². The Hall–Kier alpha value is -2.29. The van der Waals surface area contributed by atoms with Gasteiger partial charge in [0.15, 0.2) is 6.10 Å². The molecule has 0 saturated heterocycles. The van der Waals surface area contributed by atoms with Gasteiger partial charge in [-0.2, -0.15) is 0 Å². The van der Waals surface area contributed by atoms with E-state index in [0.717, 1.165) is 23.3 Å². The topological polar surface area (TPSA) is 38.3 Å². The number of amides is 1. The Morgan fingerprint density at radius 2 is 1.86 bits per heavy atom. The van der Waals surface area contributed by atoms with Gasteiger partial charge in [0.05, 0.1) is 6.04 Å². The molecule has 3 nitrogen and oxygen atoms in total. The Labute approximate surface area is 132 Å². The third kappa shape index (κ3) is 4.35. The first-order chi connectivity index (χ1) is 10.6. The highest BCUT2D eigenvalue weighted by Gasteiger charge is 2.19. The van der Waals surface area contributed by atoms with Crippen LogP contribution < -0.4 is 10.1 Å². The second-order valence-corrected chi connectivity index (χ2v) is 5.46. The minimum absolute atomic E-state index is 0.0114. The summed E-state index contributed by atoms with van der Waals surface area (Å²) in [7, 11) is 0. The monoisotopic (exact) mass is 297 g/mol. The lowest BCUT2D eigenvalue weighted by atomic mass is 10.0. The van der Waals surface area contributed by atoms with Gasteiger partial charge in [0.2, 0.25) is 0 Å². The molecular formula is C19H23NO2. The molecule has 0 heterocycles. The first-order valence-electron chi connectivity index (χ1n) is 7.68. The lowest BCUT2D eigenvalue weighted by Crippen LogP contribution is -2.38. The summed E-state index contributed by atoms with van der Waals surface area (Å²) in [5, 5.41) is 3.05. The van der Waals surface area contributed by atoms with Crippen LogP contribution in [0.5, 0.6) is 5.75 Å². The normalized spacial score (nSPS) is 13.2. The van der Waals surface area contributed by atoms with Gasteiger partial charge in [0, 0.05) is 0 Å². The Balaban J connectivity index is 1.98. The zero-order valence-corrected chi connectivity index (χ0v) is 13.4. The number of ether oxygens (including phenoxy) is 1. The fourth-order valence-corrected chi connectivity index (χ4v) is 2.34. The molecule has 2 atom stereocenters. The average Bonchev–Trinajstić information content (AvgIpc) is 2.53. The number of carbonyl (C=O) groups is 1. The van der Waals surface area contributed by atoms with Crippen LogP contribution in [0.1, 0.15) is 37.4 Å². The summed E-state index contributed by atoms with van der Waals surface area (Å²) >= 11 is 0. The number of rotatable bonds is 6. The summed E-state index contributed by atoms with van der Waals surface area (Å²) in [6, 6.07) is 17.7. The van der Waals surface area contributed by atoms with Crippen LogP contribution in [0.3, 0.4) is 0 Å². The Kier molecular flexibility index (Phi) is 5.59. The van der Waals surface area contributed by atoms with E-state index in [1.165, 1.54) is 0 Å². The number of hydrogen-bond donors (Lipinski definition) is 1. The summed E-state index contributed by atoms with van der Waals surface area (Å²) in [5.74, 6) is 0.618. The lowest BCUT2D eigenvalue weighted by Gasteiger charge is -2.21. The SMILES string of the molecule is CCC(NC(=O)C(C)Oc1cccc(C)c1)c1ccccc1. The summed E-state index contributed by atoms with van der Waals surface area (Å²) in [6.07, 6.45) is 0.312. The van der Waals surface area contributed by atoms with Gasteiger partial charge in [-0.3, -0.25) is 4.79 Å². The molecule has 0 radical (unpaired) electrons. The predicted molar refractivity (Wildman–Crippen MR) is 88.9 cm³/mol. The van der Waals surface area contributed by atoms with Gasteiger partial charge < -0.3 is 10.1 Å². The van der Waals surface area contributed by atoms with Crippen LogP contribution in [0.15, 0.2) is 54.6 Å². The van der Waals surface area contributed by atoms with Gasteiger partial charge in [-0.1, -0.05) is 49.4 Å². The molecule has 2 rings (SSSR count). The van der Waals surface area contributed by atoms with E-state index in [-0.39, 0.29) is 11.9 Å². The molecule has 2 aromatic rings. The van der Waals surface area contributed by atoms with Crippen molar-refractivity contribution in [3.05, 3.63) is 65.7 Å². The zero-order chi connectivity index (χ0) is 15.9. The number of aryl methyl sites for hydroxylation is 1. The molecule has 0 aliphatic heterocycles. The molecule has 2 unspecified atom stereocenters. The molecule has 0 aromatic heterocycles. The summed E-state index contributed by atoms with van der Waals surface area (Å²) in [4.78, 5) is 12.3. The maximum atomic E-state index is 12.3. The maximum Gasteiger partial charge on any atom is 0.261 e. The summed E-state index contributed by atoms with van der Waals surface area (Å²) in [6.45, 7) is 5.83. The molecule has 3 heteroatoms. The molecule has 22 heavy (non-hydrogen) atoms. The largest absolute Gasteiger partial charge is 0.481 e. The highest BCUT2D eigenvalue weighted by molar-refractivity contribution is 5.81. The lowest BCUT2D eigenvalue weighted by molar-refractivity contribution is -0.128. The van der Waals surface area contributed by atoms with Crippen LogP contribution >= 0.6 is 0 Å². The van der Waals surface area contributed by atoms with E-state index in [1.807, 2.05) is 61.5 Å². The number of hydrogen-bond acceptors (Lipinski definition) is 2. The third-order valence-corrected chi connectivity index (χ3v) is 3.60. The van der Waals surface area contributed by atoms with Gasteiger partial charge in [0.1, 0.15) is 5.75 Å². The van der Waals surface area contributed by atoms with Crippen LogP contribution in [0.2, 0.25) is 0 Å². The molecule has 1 amide bonds. The number of nitrogens with one attached hydrogen (secondary N) is 1. The molecule has 1 N–H and O–H groups in total. The van der Waals surface area contributed by atoms with Crippen molar-refractivity contribution in [3.8, 4) is 5.75 Å². The van der Waals surface area contributed by atoms with Crippen molar-refractivity contribution in [2.45, 2.75) is 39.3 Å². The Bertz CT molecular complexity index is 610. The van der Waals surface area contributed by atoms with Crippen molar-refractivity contribution in [2.24, 2.45) is 0 Å². The Morgan fingerprint density at radius 1 is 1.14 bits per heavy atom. The van der Waals surface area contributed by atoms with E-state index < -0.39 is 6.10 Å². The summed E-state index contributed by atoms with van der Waals surface area (Å²) in [5.41, 5.74) is 2.22. The second kappa shape index (κ2) is 7.64. The highest BCUT2D eigenvalue weighted by Crippen LogP contribution is 2.18. The molecule has 0 fully saturated rings. The number of carbonyl (C=O) groups excluding carboxylic acids is 1. The Morgan fingerprint density at radius 3 is 2.50 bits per heavy atom. The first-order valence-corrected chi connectivity index (χ1v) is 7.68. The van der Waals surface area contributed by atoms with E-state index in [9.17, 15) is 4.79 Å². The van der Waals surface area contributed by atoms with Crippen LogP contribution in [-0.4, -0.2) is 12.0 Å². The molecular weight excluding hydrogens is 274 g/mol. The van der Waals surface area contributed by atoms with Crippen molar-refractivity contribution in [2.75, 3.05) is 0 Å². The van der Waals surface area contributed by atoms with E-state index >= 15 is 0 Å². The third-order valence-electron chi connectivity index (χ3n) is 3.60. The molecule has 2 aromatic carbocycles. The quantitative estimate of drug-likeness (QED) is 0.874. The van der Waals surface area contributed by atoms with Gasteiger partial charge in [-0.05, 0) is 43.5 Å². The van der Waals surface area contributed by atoms with E-state index in [0.29, 0.717) is 0 Å². The van der Waals surface area contributed by atoms with Crippen molar-refractivity contribution < 1.29 is 9.53 Å². The zero-order valence-electron chi connectivity index (χ0n) is 13.4. The minimum Gasteiger partial charge on any atom is -0.481 e. The van der Waals surface area contributed by atoms with Crippen molar-refractivity contribution >= 4 is 5.91 Å². The van der Waals surface area contributed by atoms with E-state index in [4.69, 9.17) is 4.74 Å². The van der Waals surface area contributed by atoms with E-state index in [1.54, 1.807) is 6.92 Å². The smallest absolute Gasteiger partial charge is 0.261 e. The highest BCUT2D eigenvalue weighted by atomic mass is 16.5. The molecule has 116 valence electrons. The van der Waals surface area contributed by atoms with Gasteiger partial charge >= 0.3 is 0 Å². The maximum absolute atomic E-state index is 12.3. The molecule has 0 aliphatic carbocycles. The fourth-order valence-electron chi connectivity index (χ4n) is 2.34. The molecule has 0 saturated carbocycles. The van der Waals surface area contributed by atoms with Gasteiger partial charge in [-0.25, -0.2) is 0 Å². The predicted octanol–water partition coefficient (Wildman–Crippen LogP) is 4.03. The molecule has 0 aliphatic rings. The summed E-state index contributed by atoms with van der Waals surface area (Å²) < 4.78 is 5.73. The van der Waals surface area contributed by atoms with Crippen molar-refractivity contribution in [3.63, 3.8) is 0 Å². The van der Waals surface area contributed by atoms with Crippen LogP contribution in [0, 0.1) is 6.92 Å². The van der Waals surface area contributed by atoms with E-state index in [2.05, 4.69) is 12.2 Å².